The number of ether oxygens (including phenoxy) is 1. The number of nitrogens with one attached hydrogen (secondary N) is 1. The van der Waals surface area contributed by atoms with Crippen LogP contribution in [-0.4, -0.2) is 51.6 Å². The second kappa shape index (κ2) is 8.50. The van der Waals surface area contributed by atoms with E-state index < -0.39 is 11.9 Å². The van der Waals surface area contributed by atoms with Gasteiger partial charge in [-0.15, -0.1) is 0 Å². The SMILES string of the molecule is O=C(C[C@@H]1OC[C@H]2CN(c3cc(C(F)(F)F)ncn3)CC[C@H]21)NCc1ncccn1. The quantitative estimate of drug-likeness (QED) is 0.786. The van der Waals surface area contributed by atoms with E-state index in [0.29, 0.717) is 25.5 Å². The predicted octanol–water partition coefficient (Wildman–Crippen LogP) is 1.83. The summed E-state index contributed by atoms with van der Waals surface area (Å²) in [6.45, 7) is 1.81. The molecule has 0 saturated carbocycles. The maximum absolute atomic E-state index is 12.9. The first-order valence-corrected chi connectivity index (χ1v) is 9.68. The Labute approximate surface area is 170 Å². The highest BCUT2D eigenvalue weighted by atomic mass is 19.4. The second-order valence-electron chi connectivity index (χ2n) is 7.44. The van der Waals surface area contributed by atoms with Gasteiger partial charge in [-0.2, -0.15) is 13.2 Å². The van der Waals surface area contributed by atoms with Crippen LogP contribution < -0.4 is 10.2 Å². The molecule has 0 aromatic carbocycles. The van der Waals surface area contributed by atoms with Crippen molar-refractivity contribution in [2.75, 3.05) is 24.6 Å². The molecule has 0 spiro atoms. The number of carbonyl (C=O) groups excluding carboxylic acids is 1. The van der Waals surface area contributed by atoms with Crippen LogP contribution in [-0.2, 0) is 22.3 Å². The summed E-state index contributed by atoms with van der Waals surface area (Å²) in [5.74, 6) is 0.982. The van der Waals surface area contributed by atoms with Crippen molar-refractivity contribution < 1.29 is 22.7 Å². The number of piperidine rings is 1. The summed E-state index contributed by atoms with van der Waals surface area (Å²) in [6, 6.07) is 2.68. The monoisotopic (exact) mass is 422 g/mol. The van der Waals surface area contributed by atoms with Crippen molar-refractivity contribution in [3.8, 4) is 0 Å². The van der Waals surface area contributed by atoms with Gasteiger partial charge >= 0.3 is 6.18 Å². The molecule has 2 aliphatic heterocycles. The molecule has 0 bridgehead atoms. The van der Waals surface area contributed by atoms with Crippen molar-refractivity contribution in [1.82, 2.24) is 25.3 Å². The van der Waals surface area contributed by atoms with Crippen LogP contribution in [0.4, 0.5) is 19.0 Å². The van der Waals surface area contributed by atoms with Crippen molar-refractivity contribution >= 4 is 11.7 Å². The van der Waals surface area contributed by atoms with E-state index in [2.05, 4.69) is 25.3 Å². The molecular weight excluding hydrogens is 401 g/mol. The van der Waals surface area contributed by atoms with Gasteiger partial charge in [-0.25, -0.2) is 19.9 Å². The van der Waals surface area contributed by atoms with Gasteiger partial charge in [0.05, 0.1) is 25.7 Å². The summed E-state index contributed by atoms with van der Waals surface area (Å²) in [7, 11) is 0. The number of rotatable bonds is 5. The maximum Gasteiger partial charge on any atom is 0.433 e. The fourth-order valence-electron chi connectivity index (χ4n) is 4.03. The Kier molecular flexibility index (Phi) is 5.80. The summed E-state index contributed by atoms with van der Waals surface area (Å²) in [5.41, 5.74) is -0.950. The lowest BCUT2D eigenvalue weighted by Gasteiger charge is -2.36. The van der Waals surface area contributed by atoms with Crippen LogP contribution in [0.3, 0.4) is 0 Å². The zero-order valence-corrected chi connectivity index (χ0v) is 16.0. The largest absolute Gasteiger partial charge is 0.433 e. The third-order valence-corrected chi connectivity index (χ3v) is 5.51. The molecule has 2 fully saturated rings. The van der Waals surface area contributed by atoms with Gasteiger partial charge in [0.1, 0.15) is 23.7 Å². The molecule has 2 aromatic heterocycles. The highest BCUT2D eigenvalue weighted by Gasteiger charge is 2.42. The van der Waals surface area contributed by atoms with Crippen LogP contribution in [0.15, 0.2) is 30.9 Å². The Hall–Kier alpha value is -2.82. The van der Waals surface area contributed by atoms with Gasteiger partial charge in [-0.3, -0.25) is 4.79 Å². The highest BCUT2D eigenvalue weighted by Crippen LogP contribution is 2.37. The lowest BCUT2D eigenvalue weighted by molar-refractivity contribution is -0.141. The number of halogens is 3. The van der Waals surface area contributed by atoms with Gasteiger partial charge in [-0.1, -0.05) is 0 Å². The van der Waals surface area contributed by atoms with Gasteiger partial charge in [0.2, 0.25) is 5.91 Å². The molecule has 2 aromatic rings. The van der Waals surface area contributed by atoms with Crippen LogP contribution in [0.5, 0.6) is 0 Å². The third-order valence-electron chi connectivity index (χ3n) is 5.51. The van der Waals surface area contributed by atoms with Crippen LogP contribution in [0.2, 0.25) is 0 Å². The number of fused-ring (bicyclic) bond motifs is 1. The minimum Gasteiger partial charge on any atom is -0.377 e. The summed E-state index contributed by atoms with van der Waals surface area (Å²) in [4.78, 5) is 29.6. The zero-order valence-electron chi connectivity index (χ0n) is 16.0. The van der Waals surface area contributed by atoms with Gasteiger partial charge in [0, 0.05) is 37.5 Å². The summed E-state index contributed by atoms with van der Waals surface area (Å²) >= 11 is 0. The third kappa shape index (κ3) is 4.66. The molecule has 8 nitrogen and oxygen atoms in total. The van der Waals surface area contributed by atoms with E-state index in [0.717, 1.165) is 18.8 Å². The summed E-state index contributed by atoms with van der Waals surface area (Å²) in [6.07, 6.45) is 0.416. The van der Waals surface area contributed by atoms with Gasteiger partial charge in [0.15, 0.2) is 0 Å². The first-order chi connectivity index (χ1) is 14.4. The molecule has 0 unspecified atom stereocenters. The Morgan fingerprint density at radius 2 is 2.03 bits per heavy atom. The van der Waals surface area contributed by atoms with Crippen molar-refractivity contribution in [3.05, 3.63) is 42.4 Å². The molecular formula is C19H21F3N6O2. The maximum atomic E-state index is 12.9. The number of nitrogens with zero attached hydrogens (tertiary/aromatic N) is 5. The number of aromatic nitrogens is 4. The number of hydrogen-bond acceptors (Lipinski definition) is 7. The Bertz CT molecular complexity index is 882. The van der Waals surface area contributed by atoms with E-state index >= 15 is 0 Å². The highest BCUT2D eigenvalue weighted by molar-refractivity contribution is 5.76. The van der Waals surface area contributed by atoms with Crippen LogP contribution in [0.1, 0.15) is 24.4 Å². The molecule has 2 aliphatic rings. The Balaban J connectivity index is 1.31. The summed E-state index contributed by atoms with van der Waals surface area (Å²) < 4.78 is 44.6. The van der Waals surface area contributed by atoms with Crippen LogP contribution in [0.25, 0.3) is 0 Å². The normalized spacial score (nSPS) is 23.8. The fourth-order valence-corrected chi connectivity index (χ4v) is 4.03. The molecule has 1 amide bonds. The average molecular weight is 422 g/mol. The molecule has 2 saturated heterocycles. The zero-order chi connectivity index (χ0) is 21.1. The molecule has 3 atom stereocenters. The van der Waals surface area contributed by atoms with Crippen molar-refractivity contribution in [2.24, 2.45) is 11.8 Å². The van der Waals surface area contributed by atoms with E-state index in [9.17, 15) is 18.0 Å². The fraction of sp³-hybridized carbons (Fsp3) is 0.526. The molecule has 0 aliphatic carbocycles. The minimum atomic E-state index is -4.50. The number of amides is 1. The summed E-state index contributed by atoms with van der Waals surface area (Å²) in [5, 5.41) is 2.80. The van der Waals surface area contributed by atoms with Crippen molar-refractivity contribution in [1.29, 1.82) is 0 Å². The van der Waals surface area contributed by atoms with Gasteiger partial charge in [0.25, 0.3) is 0 Å². The molecule has 11 heteroatoms. The molecule has 4 rings (SSSR count). The number of carbonyl (C=O) groups is 1. The van der Waals surface area contributed by atoms with E-state index in [1.54, 1.807) is 18.5 Å². The first kappa shape index (κ1) is 20.5. The molecule has 4 heterocycles. The standard InChI is InChI=1S/C19H21F3N6O2/c20-19(21,22)15-7-17(27-11-26-15)28-5-2-13-12(9-28)10-30-14(13)6-18(29)25-8-16-23-3-1-4-24-16/h1,3-4,7,11-14H,2,5-6,8-10H2,(H,25,29)/t12-,13-,14+/m1/s1. The predicted molar refractivity (Wildman–Crippen MR) is 99.1 cm³/mol. The molecule has 30 heavy (non-hydrogen) atoms. The molecule has 0 radical (unpaired) electrons. The second-order valence-corrected chi connectivity index (χ2v) is 7.44. The number of alkyl halides is 3. The number of anilines is 1. The van der Waals surface area contributed by atoms with Crippen molar-refractivity contribution in [3.63, 3.8) is 0 Å². The van der Waals surface area contributed by atoms with E-state index in [1.165, 1.54) is 0 Å². The average Bonchev–Trinajstić information content (AvgIpc) is 3.14. The lowest BCUT2D eigenvalue weighted by Crippen LogP contribution is -2.42. The van der Waals surface area contributed by atoms with Crippen LogP contribution >= 0.6 is 0 Å². The molecule has 160 valence electrons. The Morgan fingerprint density at radius 1 is 1.23 bits per heavy atom. The smallest absolute Gasteiger partial charge is 0.377 e. The van der Waals surface area contributed by atoms with Crippen LogP contribution in [0, 0.1) is 11.8 Å². The topological polar surface area (TPSA) is 93.1 Å². The van der Waals surface area contributed by atoms with E-state index in [4.69, 9.17) is 4.74 Å². The van der Waals surface area contributed by atoms with Gasteiger partial charge < -0.3 is 15.0 Å². The van der Waals surface area contributed by atoms with Gasteiger partial charge in [-0.05, 0) is 18.4 Å². The minimum absolute atomic E-state index is 0.137. The van der Waals surface area contributed by atoms with E-state index in [1.807, 2.05) is 4.90 Å². The molecule has 1 N–H and O–H groups in total. The Morgan fingerprint density at radius 3 is 2.80 bits per heavy atom. The number of hydrogen-bond donors (Lipinski definition) is 1. The first-order valence-electron chi connectivity index (χ1n) is 9.68. The van der Waals surface area contributed by atoms with E-state index in [-0.39, 0.29) is 42.6 Å². The lowest BCUT2D eigenvalue weighted by atomic mass is 9.83. The van der Waals surface area contributed by atoms with Crippen molar-refractivity contribution in [2.45, 2.75) is 31.7 Å².